The van der Waals surface area contributed by atoms with Crippen molar-refractivity contribution in [2.24, 2.45) is 0 Å². The number of nitrogen functional groups attached to an aromatic ring is 1. The second-order valence-corrected chi connectivity index (χ2v) is 8.99. The lowest BCUT2D eigenvalue weighted by molar-refractivity contribution is -0.125. The van der Waals surface area contributed by atoms with Crippen LogP contribution >= 0.6 is 0 Å². The Kier molecular flexibility index (Phi) is 5.61. The molecule has 7 heteroatoms. The van der Waals surface area contributed by atoms with Crippen molar-refractivity contribution in [1.82, 2.24) is 4.90 Å². The quantitative estimate of drug-likeness (QED) is 0.480. The van der Waals surface area contributed by atoms with Gasteiger partial charge in [0.1, 0.15) is 5.54 Å². The first kappa shape index (κ1) is 22.4. The Morgan fingerprint density at radius 3 is 2.46 bits per heavy atom. The summed E-state index contributed by atoms with van der Waals surface area (Å²) in [5.74, 6) is -0.602. The van der Waals surface area contributed by atoms with Crippen molar-refractivity contribution >= 4 is 40.4 Å². The highest BCUT2D eigenvalue weighted by Crippen LogP contribution is 2.41. The van der Waals surface area contributed by atoms with Crippen molar-refractivity contribution in [2.45, 2.75) is 24.8 Å². The third-order valence-electron chi connectivity index (χ3n) is 6.83. The number of fused-ring (bicyclic) bond motifs is 2. The van der Waals surface area contributed by atoms with E-state index in [1.54, 1.807) is 65.6 Å². The van der Waals surface area contributed by atoms with Gasteiger partial charge in [0, 0.05) is 18.5 Å². The van der Waals surface area contributed by atoms with Crippen molar-refractivity contribution in [3.63, 3.8) is 0 Å². The smallest absolute Gasteiger partial charge is 0.256 e. The van der Waals surface area contributed by atoms with E-state index in [0.29, 0.717) is 47.6 Å². The standard InChI is InChI=1S/C28H26N4O3/c1-18(19-11-13-20(14-12-19)25(33)30-24-10-5-3-8-22(24)29)17-28-15-6-16-32(28)26(34)21-7-2-4-9-23(21)31-27(28)35/h2-5,7-14H,1,6,15-17,29H2,(H,30,33)(H,31,35)/t28-/m1/s1. The second kappa shape index (κ2) is 8.76. The molecule has 35 heavy (non-hydrogen) atoms. The van der Waals surface area contributed by atoms with Crippen molar-refractivity contribution in [3.8, 4) is 0 Å². The molecule has 2 aliphatic rings. The SMILES string of the molecule is C=C(C[C@@]12CCCN1C(=O)c1ccccc1NC2=O)c1ccc(C(=O)Nc2ccccc2N)cc1. The fraction of sp³-hybridized carbons (Fsp3) is 0.179. The molecule has 3 amide bonds. The largest absolute Gasteiger partial charge is 0.397 e. The van der Waals surface area contributed by atoms with Crippen LogP contribution in [0.5, 0.6) is 0 Å². The van der Waals surface area contributed by atoms with E-state index in [0.717, 1.165) is 17.6 Å². The molecule has 1 fully saturated rings. The number of amides is 3. The van der Waals surface area contributed by atoms with Crippen LogP contribution in [-0.2, 0) is 4.79 Å². The lowest BCUT2D eigenvalue weighted by Crippen LogP contribution is -2.53. The first-order valence-corrected chi connectivity index (χ1v) is 11.6. The summed E-state index contributed by atoms with van der Waals surface area (Å²) in [6.45, 7) is 4.76. The van der Waals surface area contributed by atoms with Gasteiger partial charge in [-0.25, -0.2) is 0 Å². The number of hydrogen-bond donors (Lipinski definition) is 3. The van der Waals surface area contributed by atoms with Gasteiger partial charge in [0.05, 0.1) is 22.6 Å². The van der Waals surface area contributed by atoms with Gasteiger partial charge in [-0.15, -0.1) is 0 Å². The number of hydrogen-bond acceptors (Lipinski definition) is 4. The van der Waals surface area contributed by atoms with Crippen LogP contribution in [0, 0.1) is 0 Å². The molecule has 0 bridgehead atoms. The van der Waals surface area contributed by atoms with Crippen LogP contribution in [0.15, 0.2) is 79.4 Å². The van der Waals surface area contributed by atoms with Crippen LogP contribution in [-0.4, -0.2) is 34.7 Å². The molecule has 0 radical (unpaired) electrons. The first-order valence-electron chi connectivity index (χ1n) is 11.6. The van der Waals surface area contributed by atoms with Crippen molar-refractivity contribution in [1.29, 1.82) is 0 Å². The average Bonchev–Trinajstić information content (AvgIpc) is 3.27. The minimum Gasteiger partial charge on any atom is -0.397 e. The summed E-state index contributed by atoms with van der Waals surface area (Å²) in [5, 5.41) is 5.78. The van der Waals surface area contributed by atoms with Gasteiger partial charge in [-0.1, -0.05) is 43.0 Å². The zero-order valence-electron chi connectivity index (χ0n) is 19.2. The maximum absolute atomic E-state index is 13.4. The number of rotatable bonds is 5. The third-order valence-corrected chi connectivity index (χ3v) is 6.83. The van der Waals surface area contributed by atoms with Gasteiger partial charge in [0.2, 0.25) is 0 Å². The van der Waals surface area contributed by atoms with E-state index in [1.165, 1.54) is 0 Å². The molecule has 1 atom stereocenters. The molecule has 3 aromatic rings. The maximum Gasteiger partial charge on any atom is 0.256 e. The summed E-state index contributed by atoms with van der Waals surface area (Å²) in [7, 11) is 0. The number of benzene rings is 3. The summed E-state index contributed by atoms with van der Waals surface area (Å²) in [6, 6.07) is 21.2. The number of carbonyl (C=O) groups is 3. The van der Waals surface area contributed by atoms with E-state index in [1.807, 2.05) is 12.1 Å². The van der Waals surface area contributed by atoms with Gasteiger partial charge < -0.3 is 21.3 Å². The number of carbonyl (C=O) groups excluding carboxylic acids is 3. The van der Waals surface area contributed by atoms with E-state index in [4.69, 9.17) is 5.73 Å². The summed E-state index contributed by atoms with van der Waals surface area (Å²) in [6.07, 6.45) is 1.62. The van der Waals surface area contributed by atoms with E-state index < -0.39 is 5.54 Å². The summed E-state index contributed by atoms with van der Waals surface area (Å²) in [5.41, 5.74) is 9.02. The molecule has 5 rings (SSSR count). The van der Waals surface area contributed by atoms with Crippen molar-refractivity contribution in [2.75, 3.05) is 22.9 Å². The molecular formula is C28H26N4O3. The van der Waals surface area contributed by atoms with Gasteiger partial charge in [-0.3, -0.25) is 14.4 Å². The van der Waals surface area contributed by atoms with Gasteiger partial charge >= 0.3 is 0 Å². The lowest BCUT2D eigenvalue weighted by Gasteiger charge is -2.36. The third kappa shape index (κ3) is 3.95. The minimum absolute atomic E-state index is 0.142. The summed E-state index contributed by atoms with van der Waals surface area (Å²) >= 11 is 0. The Bertz CT molecular complexity index is 1350. The number of nitrogens with one attached hydrogen (secondary N) is 2. The van der Waals surface area contributed by atoms with Crippen LogP contribution in [0.25, 0.3) is 5.57 Å². The van der Waals surface area contributed by atoms with E-state index in [-0.39, 0.29) is 17.7 Å². The molecule has 176 valence electrons. The Balaban J connectivity index is 1.35. The second-order valence-electron chi connectivity index (χ2n) is 8.99. The molecule has 2 heterocycles. The maximum atomic E-state index is 13.4. The fourth-order valence-corrected chi connectivity index (χ4v) is 4.96. The Hall–Kier alpha value is -4.39. The molecule has 0 aliphatic carbocycles. The molecule has 0 unspecified atom stereocenters. The molecule has 0 aromatic heterocycles. The molecule has 0 saturated carbocycles. The summed E-state index contributed by atoms with van der Waals surface area (Å²) < 4.78 is 0. The fourth-order valence-electron chi connectivity index (χ4n) is 4.96. The van der Waals surface area contributed by atoms with Crippen molar-refractivity contribution in [3.05, 3.63) is 96.1 Å². The van der Waals surface area contributed by atoms with E-state index in [9.17, 15) is 14.4 Å². The van der Waals surface area contributed by atoms with Crippen molar-refractivity contribution < 1.29 is 14.4 Å². The average molecular weight is 467 g/mol. The number of nitrogens with two attached hydrogens (primary N) is 1. The Morgan fingerprint density at radius 2 is 1.69 bits per heavy atom. The van der Waals surface area contributed by atoms with Gasteiger partial charge in [0.15, 0.2) is 0 Å². The van der Waals surface area contributed by atoms with E-state index >= 15 is 0 Å². The van der Waals surface area contributed by atoms with Gasteiger partial charge in [0.25, 0.3) is 17.7 Å². The number of anilines is 3. The predicted octanol–water partition coefficient (Wildman–Crippen LogP) is 4.55. The van der Waals surface area contributed by atoms with Crippen LogP contribution < -0.4 is 16.4 Å². The predicted molar refractivity (Wildman–Crippen MR) is 137 cm³/mol. The minimum atomic E-state index is -0.992. The van der Waals surface area contributed by atoms with Crippen LogP contribution in [0.2, 0.25) is 0 Å². The van der Waals surface area contributed by atoms with Crippen LogP contribution in [0.3, 0.4) is 0 Å². The van der Waals surface area contributed by atoms with E-state index in [2.05, 4.69) is 17.2 Å². The monoisotopic (exact) mass is 466 g/mol. The van der Waals surface area contributed by atoms with Gasteiger partial charge in [-0.05, 0) is 60.4 Å². The highest BCUT2D eigenvalue weighted by Gasteiger charge is 2.52. The molecule has 4 N–H and O–H groups in total. The Labute approximate surface area is 203 Å². The highest BCUT2D eigenvalue weighted by atomic mass is 16.2. The molecule has 7 nitrogen and oxygen atoms in total. The van der Waals surface area contributed by atoms with Crippen LogP contribution in [0.4, 0.5) is 17.1 Å². The topological polar surface area (TPSA) is 105 Å². The first-order chi connectivity index (χ1) is 16.9. The summed E-state index contributed by atoms with van der Waals surface area (Å²) in [4.78, 5) is 41.1. The zero-order valence-corrected chi connectivity index (χ0v) is 19.2. The lowest BCUT2D eigenvalue weighted by atomic mass is 9.85. The van der Waals surface area contributed by atoms with Gasteiger partial charge in [-0.2, -0.15) is 0 Å². The number of nitrogens with zero attached hydrogens (tertiary/aromatic N) is 1. The Morgan fingerprint density at radius 1 is 1.00 bits per heavy atom. The molecule has 3 aromatic carbocycles. The molecule has 0 spiro atoms. The zero-order chi connectivity index (χ0) is 24.6. The molecule has 2 aliphatic heterocycles. The highest BCUT2D eigenvalue weighted by molar-refractivity contribution is 6.12. The van der Waals surface area contributed by atoms with Crippen LogP contribution in [0.1, 0.15) is 45.5 Å². The molecular weight excluding hydrogens is 440 g/mol. The normalized spacial score (nSPS) is 18.8. The number of para-hydroxylation sites is 3. The molecule has 1 saturated heterocycles.